The van der Waals surface area contributed by atoms with Gasteiger partial charge in [-0.3, -0.25) is 0 Å². The third kappa shape index (κ3) is 3.81. The van der Waals surface area contributed by atoms with E-state index >= 15 is 0 Å². The van der Waals surface area contributed by atoms with Crippen molar-refractivity contribution >= 4 is 30.7 Å². The van der Waals surface area contributed by atoms with Crippen LogP contribution >= 0.6 is 0 Å². The quantitative estimate of drug-likeness (QED) is 0.667. The van der Waals surface area contributed by atoms with Crippen LogP contribution in [0.1, 0.15) is 30.1 Å². The van der Waals surface area contributed by atoms with Crippen molar-refractivity contribution in [3.05, 3.63) is 29.6 Å². The number of unbranched alkanes of at least 4 members (excludes halogenated alkanes) is 1. The summed E-state index contributed by atoms with van der Waals surface area (Å²) in [7, 11) is 0. The van der Waals surface area contributed by atoms with Gasteiger partial charge in [0.2, 0.25) is 0 Å². The Morgan fingerprint density at radius 1 is 1.53 bits per heavy atom. The van der Waals surface area contributed by atoms with Crippen LogP contribution in [0.2, 0.25) is 4.44 Å². The Kier molecular flexibility index (Phi) is 5.08. The van der Waals surface area contributed by atoms with E-state index in [1.807, 2.05) is 0 Å². The molecule has 2 nitrogen and oxygen atoms in total. The van der Waals surface area contributed by atoms with Crippen molar-refractivity contribution in [2.45, 2.75) is 24.2 Å². The maximum atomic E-state index is 13.3. The van der Waals surface area contributed by atoms with E-state index in [2.05, 4.69) is 6.92 Å². The first-order chi connectivity index (χ1) is 7.15. The Balaban J connectivity index is 2.69. The average Bonchev–Trinajstić information content (AvgIpc) is 2.17. The van der Waals surface area contributed by atoms with Crippen LogP contribution in [0.3, 0.4) is 0 Å². The van der Waals surface area contributed by atoms with Gasteiger partial charge in [0, 0.05) is 0 Å². The number of hydrogen-bond acceptors (Lipinski definition) is 1. The number of benzene rings is 1. The zero-order valence-corrected chi connectivity index (χ0v) is 11.4. The van der Waals surface area contributed by atoms with E-state index in [0.717, 1.165) is 10.0 Å². The first-order valence-corrected chi connectivity index (χ1v) is 8.36. The Bertz CT molecular complexity index is 352. The van der Waals surface area contributed by atoms with E-state index in [4.69, 9.17) is 5.11 Å². The number of hydrogen-bond donors (Lipinski definition) is 1. The zero-order valence-electron chi connectivity index (χ0n) is 8.59. The van der Waals surface area contributed by atoms with Crippen molar-refractivity contribution in [2.75, 3.05) is 0 Å². The summed E-state index contributed by atoms with van der Waals surface area (Å²) in [6, 6.07) is 4.53. The molecule has 1 aromatic rings. The van der Waals surface area contributed by atoms with Gasteiger partial charge in [-0.1, -0.05) is 0 Å². The van der Waals surface area contributed by atoms with Gasteiger partial charge >= 0.3 is 98.8 Å². The predicted octanol–water partition coefficient (Wildman–Crippen LogP) is 2.07. The third-order valence-electron chi connectivity index (χ3n) is 2.06. The van der Waals surface area contributed by atoms with Gasteiger partial charge < -0.3 is 0 Å². The Morgan fingerprint density at radius 2 is 2.27 bits per heavy atom. The van der Waals surface area contributed by atoms with Crippen LogP contribution < -0.4 is 3.58 Å². The second-order valence-electron chi connectivity index (χ2n) is 3.28. The van der Waals surface area contributed by atoms with Crippen LogP contribution in [0.5, 0.6) is 0 Å². The summed E-state index contributed by atoms with van der Waals surface area (Å²) in [5, 5.41) is 8.64. The minimum absolute atomic E-state index is 0.228. The van der Waals surface area contributed by atoms with Crippen LogP contribution in [0.4, 0.5) is 4.39 Å². The van der Waals surface area contributed by atoms with Gasteiger partial charge in [0.15, 0.2) is 0 Å². The van der Waals surface area contributed by atoms with Crippen molar-refractivity contribution in [3.63, 3.8) is 0 Å². The number of aromatic carboxylic acids is 1. The molecule has 2 radical (unpaired) electrons. The van der Waals surface area contributed by atoms with E-state index in [1.165, 1.54) is 23.0 Å². The first kappa shape index (κ1) is 12.5. The van der Waals surface area contributed by atoms with Crippen LogP contribution in [0.15, 0.2) is 18.2 Å². The molecule has 0 spiro atoms. The first-order valence-electron chi connectivity index (χ1n) is 4.92. The minimum atomic E-state index is -1.20. The molecule has 0 heterocycles. The summed E-state index contributed by atoms with van der Waals surface area (Å²) in [5.74, 6) is -1.80. The van der Waals surface area contributed by atoms with Crippen LogP contribution in [-0.2, 0) is 0 Å². The van der Waals surface area contributed by atoms with Crippen LogP contribution in [0.25, 0.3) is 0 Å². The van der Waals surface area contributed by atoms with E-state index in [1.54, 1.807) is 6.07 Å². The molecule has 0 aliphatic heterocycles. The predicted molar refractivity (Wildman–Crippen MR) is 58.5 cm³/mol. The molecular weight excluding hydrogens is 302 g/mol. The van der Waals surface area contributed by atoms with Crippen LogP contribution in [0, 0.1) is 5.82 Å². The molecule has 0 atom stereocenters. The summed E-state index contributed by atoms with van der Waals surface area (Å²) in [6.07, 6.45) is 2.35. The summed E-state index contributed by atoms with van der Waals surface area (Å²) in [6.45, 7) is 2.13. The standard InChI is InChI=1S/C7H4FO2.C4H9.Sn/c8-6-4-2-1-3-5(6)7(9)10;1-3-4-2;/h1,3-4H,(H,9,10);1,3-4H2,2H3;. The Labute approximate surface area is 98.7 Å². The van der Waals surface area contributed by atoms with Crippen molar-refractivity contribution in [1.29, 1.82) is 0 Å². The SMILES string of the molecule is CCC[CH2][Sn][c]1ccc(C(=O)O)c(F)c1. The van der Waals surface area contributed by atoms with Crippen LogP contribution in [-0.4, -0.2) is 32.2 Å². The zero-order chi connectivity index (χ0) is 11.3. The second-order valence-corrected chi connectivity index (χ2v) is 7.36. The molecule has 80 valence electrons. The fourth-order valence-corrected chi connectivity index (χ4v) is 4.77. The molecule has 0 saturated carbocycles. The molecule has 0 amide bonds. The monoisotopic (exact) mass is 316 g/mol. The van der Waals surface area contributed by atoms with Gasteiger partial charge in [-0.25, -0.2) is 0 Å². The number of carboxylic acids is 1. The Hall–Kier alpha value is -0.581. The van der Waals surface area contributed by atoms with Gasteiger partial charge in [-0.2, -0.15) is 0 Å². The third-order valence-corrected chi connectivity index (χ3v) is 5.83. The molecule has 0 aliphatic rings. The molecule has 4 heteroatoms. The van der Waals surface area contributed by atoms with Gasteiger partial charge in [0.1, 0.15) is 0 Å². The van der Waals surface area contributed by atoms with Crippen molar-refractivity contribution in [1.82, 2.24) is 0 Å². The molecule has 1 rings (SSSR count). The fraction of sp³-hybridized carbons (Fsp3) is 0.364. The molecule has 0 aromatic heterocycles. The number of carboxylic acid groups (broad SMARTS) is 1. The Morgan fingerprint density at radius 3 is 2.80 bits per heavy atom. The normalized spacial score (nSPS) is 10.3. The molecule has 0 bridgehead atoms. The maximum absolute atomic E-state index is 13.3. The molecule has 0 unspecified atom stereocenters. The van der Waals surface area contributed by atoms with Gasteiger partial charge in [-0.15, -0.1) is 0 Å². The summed E-state index contributed by atoms with van der Waals surface area (Å²) in [4.78, 5) is 10.6. The second kappa shape index (κ2) is 6.10. The number of rotatable bonds is 5. The molecule has 1 N–H and O–H groups in total. The van der Waals surface area contributed by atoms with Crippen molar-refractivity contribution in [2.24, 2.45) is 0 Å². The van der Waals surface area contributed by atoms with E-state index in [-0.39, 0.29) is 5.56 Å². The van der Waals surface area contributed by atoms with E-state index in [0.29, 0.717) is 0 Å². The number of halogens is 1. The van der Waals surface area contributed by atoms with E-state index < -0.39 is 32.9 Å². The molecule has 0 saturated heterocycles. The molecule has 0 aliphatic carbocycles. The summed E-state index contributed by atoms with van der Waals surface area (Å²) in [5.41, 5.74) is -0.228. The molecule has 1 aromatic carbocycles. The van der Waals surface area contributed by atoms with Gasteiger partial charge in [-0.05, 0) is 0 Å². The number of carbonyl (C=O) groups is 1. The molecule has 15 heavy (non-hydrogen) atoms. The van der Waals surface area contributed by atoms with Crippen molar-refractivity contribution < 1.29 is 14.3 Å². The van der Waals surface area contributed by atoms with E-state index in [9.17, 15) is 9.18 Å². The topological polar surface area (TPSA) is 37.3 Å². The average molecular weight is 315 g/mol. The molecule has 0 fully saturated rings. The molecular formula is C11H13FO2Sn. The van der Waals surface area contributed by atoms with Gasteiger partial charge in [0.25, 0.3) is 0 Å². The fourth-order valence-electron chi connectivity index (χ4n) is 1.21. The summed E-state index contributed by atoms with van der Waals surface area (Å²) >= 11 is -0.692. The van der Waals surface area contributed by atoms with Crippen molar-refractivity contribution in [3.8, 4) is 0 Å². The van der Waals surface area contributed by atoms with Gasteiger partial charge in [0.05, 0.1) is 0 Å². The summed E-state index contributed by atoms with van der Waals surface area (Å²) < 4.78 is 15.5.